The molecule has 0 aromatic carbocycles. The van der Waals surface area contributed by atoms with Crippen LogP contribution in [0.4, 0.5) is 0 Å². The quantitative estimate of drug-likeness (QED) is 0.0320. The molecular weight excluding hydrogens is 899 g/mol. The molecule has 2 unspecified atom stereocenters. The summed E-state index contributed by atoms with van der Waals surface area (Å²) in [6.45, 7) is 4.88. The fourth-order valence-electron chi connectivity index (χ4n) is 10.1. The van der Waals surface area contributed by atoms with Crippen LogP contribution in [0.25, 0.3) is 0 Å². The topological polar surface area (TPSA) is 95.9 Å². The lowest BCUT2D eigenvalue weighted by Gasteiger charge is -2.20. The zero-order valence-corrected chi connectivity index (χ0v) is 49.1. The van der Waals surface area contributed by atoms with E-state index in [9.17, 15) is 19.8 Å². The van der Waals surface area contributed by atoms with Crippen molar-refractivity contribution in [3.05, 3.63) is 36.5 Å². The lowest BCUT2D eigenvalue weighted by Crippen LogP contribution is -2.45. The molecule has 3 N–H and O–H groups in total. The zero-order valence-electron chi connectivity index (χ0n) is 49.1. The second-order valence-corrected chi connectivity index (χ2v) is 22.5. The summed E-state index contributed by atoms with van der Waals surface area (Å²) in [6, 6.07) is -0.624. The van der Waals surface area contributed by atoms with Crippen molar-refractivity contribution in [1.29, 1.82) is 0 Å². The summed E-state index contributed by atoms with van der Waals surface area (Å²) in [7, 11) is 0. The monoisotopic (exact) mass is 1030 g/mol. The van der Waals surface area contributed by atoms with Crippen molar-refractivity contribution >= 4 is 11.9 Å². The number of carbonyl (C=O) groups excluding carboxylic acids is 2. The number of unbranched alkanes of at least 4 members (excludes halogenated alkanes) is 46. The van der Waals surface area contributed by atoms with E-state index in [1.54, 1.807) is 6.08 Å². The molecular formula is C67H127NO5. The van der Waals surface area contributed by atoms with Crippen LogP contribution >= 0.6 is 0 Å². The maximum atomic E-state index is 12.4. The van der Waals surface area contributed by atoms with Gasteiger partial charge in [0.15, 0.2) is 0 Å². The molecule has 0 aliphatic heterocycles. The highest BCUT2D eigenvalue weighted by molar-refractivity contribution is 5.76. The van der Waals surface area contributed by atoms with Crippen LogP contribution in [0.5, 0.6) is 0 Å². The van der Waals surface area contributed by atoms with Gasteiger partial charge in [-0.25, -0.2) is 0 Å². The molecule has 6 nitrogen and oxygen atoms in total. The highest BCUT2D eigenvalue weighted by Crippen LogP contribution is 2.18. The molecule has 1 amide bonds. The van der Waals surface area contributed by atoms with Gasteiger partial charge in [-0.3, -0.25) is 9.59 Å². The number of allylic oxidation sites excluding steroid dienone is 5. The SMILES string of the molecule is CCCCC/C=C\C/C=C\CCCCCCCCCCCC(=O)OCCCCCCCCCCCCCCCCCCCCCCCCCCCCCC(=O)NC(CO)C(O)/C=C/CCCCCCCCCC. The first-order chi connectivity index (χ1) is 36.0. The number of aliphatic hydroxyl groups is 2. The van der Waals surface area contributed by atoms with Crippen molar-refractivity contribution in [3.63, 3.8) is 0 Å². The van der Waals surface area contributed by atoms with E-state index in [1.165, 1.54) is 276 Å². The fourth-order valence-corrected chi connectivity index (χ4v) is 10.1. The number of ether oxygens (including phenoxy) is 1. The molecule has 0 radical (unpaired) electrons. The van der Waals surface area contributed by atoms with Gasteiger partial charge in [0, 0.05) is 12.8 Å². The number of carbonyl (C=O) groups is 2. The maximum absolute atomic E-state index is 12.4. The number of amides is 1. The van der Waals surface area contributed by atoms with E-state index in [0.717, 1.165) is 51.4 Å². The number of rotatable bonds is 61. The van der Waals surface area contributed by atoms with Crippen LogP contribution in [0.2, 0.25) is 0 Å². The van der Waals surface area contributed by atoms with Gasteiger partial charge in [-0.05, 0) is 64.2 Å². The Kier molecular flexibility index (Phi) is 61.0. The van der Waals surface area contributed by atoms with Crippen molar-refractivity contribution in [2.24, 2.45) is 0 Å². The molecule has 0 heterocycles. The third kappa shape index (κ3) is 59.2. The average Bonchev–Trinajstić information content (AvgIpc) is 3.39. The van der Waals surface area contributed by atoms with Gasteiger partial charge in [0.25, 0.3) is 0 Å². The van der Waals surface area contributed by atoms with E-state index in [2.05, 4.69) is 43.5 Å². The fraction of sp³-hybridized carbons (Fsp3) is 0.881. The number of hydrogen-bond donors (Lipinski definition) is 3. The van der Waals surface area contributed by atoms with Gasteiger partial charge in [0.05, 0.1) is 25.4 Å². The first-order valence-corrected chi connectivity index (χ1v) is 32.8. The standard InChI is InChI=1S/C67H127NO5/c1-3-5-7-9-11-13-15-16-17-18-28-32-35-38-41-45-49-53-57-61-67(72)73-62-58-54-50-46-42-39-36-33-30-27-25-23-21-19-20-22-24-26-29-31-34-37-40-44-48-52-56-60-66(71)68-64(63-69)65(70)59-55-51-47-43-14-12-10-8-6-4-2/h11,13,16-17,55,59,64-65,69-70H,3-10,12,14-15,18-54,56-58,60-63H2,1-2H3,(H,68,71)/b13-11-,17-16-,59-55+. The van der Waals surface area contributed by atoms with Gasteiger partial charge in [-0.15, -0.1) is 0 Å². The summed E-state index contributed by atoms with van der Waals surface area (Å²) in [5.74, 6) is -0.0524. The summed E-state index contributed by atoms with van der Waals surface area (Å²) in [6.07, 6.45) is 79.3. The molecule has 0 aliphatic rings. The van der Waals surface area contributed by atoms with E-state index in [1.807, 2.05) is 6.08 Å². The number of aliphatic hydroxyl groups excluding tert-OH is 2. The van der Waals surface area contributed by atoms with E-state index >= 15 is 0 Å². The summed E-state index contributed by atoms with van der Waals surface area (Å²) >= 11 is 0. The molecule has 0 fully saturated rings. The molecule has 2 atom stereocenters. The van der Waals surface area contributed by atoms with Crippen molar-refractivity contribution in [3.8, 4) is 0 Å². The van der Waals surface area contributed by atoms with Crippen LogP contribution < -0.4 is 5.32 Å². The Hall–Kier alpha value is -1.92. The summed E-state index contributed by atoms with van der Waals surface area (Å²) < 4.78 is 5.50. The van der Waals surface area contributed by atoms with Crippen molar-refractivity contribution in [2.75, 3.05) is 13.2 Å². The molecule has 0 bridgehead atoms. The summed E-state index contributed by atoms with van der Waals surface area (Å²) in [5, 5.41) is 23.0. The molecule has 0 saturated heterocycles. The molecule has 0 spiro atoms. The molecule has 430 valence electrons. The Labute approximate surface area is 455 Å². The zero-order chi connectivity index (χ0) is 52.9. The second-order valence-electron chi connectivity index (χ2n) is 22.5. The Bertz CT molecular complexity index is 1180. The second kappa shape index (κ2) is 62.6. The van der Waals surface area contributed by atoms with Crippen LogP contribution in [0.1, 0.15) is 354 Å². The maximum Gasteiger partial charge on any atom is 0.305 e. The van der Waals surface area contributed by atoms with Gasteiger partial charge in [0.1, 0.15) is 0 Å². The molecule has 0 rings (SSSR count). The Balaban J connectivity index is 3.32. The largest absolute Gasteiger partial charge is 0.466 e. The minimum atomic E-state index is -0.840. The van der Waals surface area contributed by atoms with E-state index in [0.29, 0.717) is 19.4 Å². The van der Waals surface area contributed by atoms with Crippen LogP contribution in [-0.2, 0) is 14.3 Å². The predicted molar refractivity (Wildman–Crippen MR) is 319 cm³/mol. The van der Waals surface area contributed by atoms with Crippen molar-refractivity contribution in [2.45, 2.75) is 366 Å². The van der Waals surface area contributed by atoms with Gasteiger partial charge >= 0.3 is 5.97 Å². The first-order valence-electron chi connectivity index (χ1n) is 32.8. The minimum Gasteiger partial charge on any atom is -0.466 e. The van der Waals surface area contributed by atoms with Crippen LogP contribution in [0, 0.1) is 0 Å². The highest BCUT2D eigenvalue weighted by atomic mass is 16.5. The minimum absolute atomic E-state index is 0.0139. The van der Waals surface area contributed by atoms with Gasteiger partial charge in [0.2, 0.25) is 5.91 Å². The number of esters is 1. The molecule has 6 heteroatoms. The Morgan fingerprint density at radius 3 is 1.07 bits per heavy atom. The average molecular weight is 1030 g/mol. The molecule has 0 aromatic rings. The highest BCUT2D eigenvalue weighted by Gasteiger charge is 2.18. The third-order valence-corrected chi connectivity index (χ3v) is 15.2. The van der Waals surface area contributed by atoms with Crippen molar-refractivity contribution < 1.29 is 24.5 Å². The lowest BCUT2D eigenvalue weighted by molar-refractivity contribution is -0.143. The van der Waals surface area contributed by atoms with Crippen LogP contribution in [0.3, 0.4) is 0 Å². The van der Waals surface area contributed by atoms with Gasteiger partial charge in [-0.1, -0.05) is 314 Å². The Morgan fingerprint density at radius 1 is 0.384 bits per heavy atom. The number of nitrogens with one attached hydrogen (secondary N) is 1. The van der Waals surface area contributed by atoms with Gasteiger partial charge < -0.3 is 20.3 Å². The third-order valence-electron chi connectivity index (χ3n) is 15.2. The number of hydrogen-bond acceptors (Lipinski definition) is 5. The molecule has 73 heavy (non-hydrogen) atoms. The van der Waals surface area contributed by atoms with E-state index in [-0.39, 0.29) is 18.5 Å². The smallest absolute Gasteiger partial charge is 0.305 e. The summed E-state index contributed by atoms with van der Waals surface area (Å²) in [4.78, 5) is 24.5. The normalized spacial score (nSPS) is 12.8. The first kappa shape index (κ1) is 71.1. The van der Waals surface area contributed by atoms with Crippen LogP contribution in [-0.4, -0.2) is 47.4 Å². The van der Waals surface area contributed by atoms with E-state index < -0.39 is 12.1 Å². The predicted octanol–water partition coefficient (Wildman–Crippen LogP) is 20.8. The molecule has 0 aliphatic carbocycles. The van der Waals surface area contributed by atoms with Crippen molar-refractivity contribution in [1.82, 2.24) is 5.32 Å². The molecule has 0 saturated carbocycles. The lowest BCUT2D eigenvalue weighted by atomic mass is 10.0. The van der Waals surface area contributed by atoms with E-state index in [4.69, 9.17) is 4.74 Å². The van der Waals surface area contributed by atoms with Crippen LogP contribution in [0.15, 0.2) is 36.5 Å². The Morgan fingerprint density at radius 2 is 0.685 bits per heavy atom. The summed E-state index contributed by atoms with van der Waals surface area (Å²) in [5.41, 5.74) is 0. The van der Waals surface area contributed by atoms with Gasteiger partial charge in [-0.2, -0.15) is 0 Å². The molecule has 0 aromatic heterocycles.